The van der Waals surface area contributed by atoms with Crippen molar-refractivity contribution in [1.29, 1.82) is 0 Å². The summed E-state index contributed by atoms with van der Waals surface area (Å²) in [6.07, 6.45) is -0.665. The minimum atomic E-state index is -0.819. The Morgan fingerprint density at radius 1 is 0.806 bits per heavy atom. The minimum Gasteiger partial charge on any atom is -0.444 e. The number of alkyl carbamates (subject to hydrolysis) is 1. The van der Waals surface area contributed by atoms with E-state index in [0.717, 1.165) is 16.3 Å². The molecule has 190 valence electrons. The lowest BCUT2D eigenvalue weighted by molar-refractivity contribution is 0.0475. The van der Waals surface area contributed by atoms with Crippen LogP contribution in [0, 0.1) is 5.92 Å². The van der Waals surface area contributed by atoms with Crippen molar-refractivity contribution in [2.75, 3.05) is 5.32 Å². The van der Waals surface area contributed by atoms with Crippen molar-refractivity contribution < 1.29 is 19.1 Å². The maximum Gasteiger partial charge on any atom is 0.408 e. The Morgan fingerprint density at radius 3 is 2.14 bits per heavy atom. The number of nitrogens with one attached hydrogen (secondary N) is 3. The van der Waals surface area contributed by atoms with E-state index in [9.17, 15) is 14.4 Å². The van der Waals surface area contributed by atoms with E-state index in [0.29, 0.717) is 11.3 Å². The summed E-state index contributed by atoms with van der Waals surface area (Å²) in [4.78, 5) is 38.7. The summed E-state index contributed by atoms with van der Waals surface area (Å²) < 4.78 is 5.33. The summed E-state index contributed by atoms with van der Waals surface area (Å²) in [7, 11) is 0. The van der Waals surface area contributed by atoms with Crippen LogP contribution in [-0.4, -0.2) is 29.6 Å². The summed E-state index contributed by atoms with van der Waals surface area (Å²) in [5, 5.41) is 10.6. The molecule has 2 atom stereocenters. The Bertz CT molecular complexity index is 1240. The molecular weight excluding hydrogens is 454 g/mol. The molecule has 7 heteroatoms. The number of para-hydroxylation sites is 1. The fourth-order valence-electron chi connectivity index (χ4n) is 4.00. The number of ketones is 1. The first-order chi connectivity index (χ1) is 17.0. The van der Waals surface area contributed by atoms with Crippen LogP contribution in [0.15, 0.2) is 66.7 Å². The van der Waals surface area contributed by atoms with Gasteiger partial charge < -0.3 is 20.7 Å². The van der Waals surface area contributed by atoms with Crippen LogP contribution in [-0.2, 0) is 4.74 Å². The molecule has 7 nitrogen and oxygen atoms in total. The number of urea groups is 1. The third kappa shape index (κ3) is 6.84. The molecule has 0 spiro atoms. The number of amides is 3. The average Bonchev–Trinajstić information content (AvgIpc) is 2.80. The number of hydrogen-bond acceptors (Lipinski definition) is 4. The highest BCUT2D eigenvalue weighted by molar-refractivity contribution is 6.08. The molecule has 0 fully saturated rings. The van der Waals surface area contributed by atoms with Crippen LogP contribution in [0.4, 0.5) is 15.3 Å². The van der Waals surface area contributed by atoms with Crippen LogP contribution in [0.2, 0.25) is 0 Å². The topological polar surface area (TPSA) is 96.5 Å². The first kappa shape index (κ1) is 26.7. The zero-order valence-corrected chi connectivity index (χ0v) is 21.7. The van der Waals surface area contributed by atoms with E-state index in [-0.39, 0.29) is 17.7 Å². The highest BCUT2D eigenvalue weighted by Gasteiger charge is 2.29. The van der Waals surface area contributed by atoms with Crippen molar-refractivity contribution in [2.45, 2.75) is 59.2 Å². The third-order valence-electron chi connectivity index (χ3n) is 5.70. The number of anilines is 1. The lowest BCUT2D eigenvalue weighted by Gasteiger charge is -2.25. The van der Waals surface area contributed by atoms with Crippen LogP contribution in [0.1, 0.15) is 63.5 Å². The van der Waals surface area contributed by atoms with Gasteiger partial charge in [-0.1, -0.05) is 68.4 Å². The van der Waals surface area contributed by atoms with E-state index in [1.54, 1.807) is 45.0 Å². The molecule has 3 aromatic carbocycles. The van der Waals surface area contributed by atoms with Crippen LogP contribution in [0.5, 0.6) is 0 Å². The molecule has 36 heavy (non-hydrogen) atoms. The van der Waals surface area contributed by atoms with Gasteiger partial charge in [0.2, 0.25) is 0 Å². The van der Waals surface area contributed by atoms with E-state index < -0.39 is 23.8 Å². The van der Waals surface area contributed by atoms with Crippen molar-refractivity contribution in [3.8, 4) is 0 Å². The molecule has 0 heterocycles. The molecule has 0 aliphatic heterocycles. The first-order valence-electron chi connectivity index (χ1n) is 12.1. The molecule has 0 saturated carbocycles. The molecule has 0 bridgehead atoms. The van der Waals surface area contributed by atoms with Gasteiger partial charge in [0, 0.05) is 5.56 Å². The second kappa shape index (κ2) is 11.2. The summed E-state index contributed by atoms with van der Waals surface area (Å²) in [5.74, 6) is -0.507. The Hall–Kier alpha value is -3.87. The van der Waals surface area contributed by atoms with Crippen molar-refractivity contribution in [2.24, 2.45) is 5.92 Å². The summed E-state index contributed by atoms with van der Waals surface area (Å²) >= 11 is 0. The Labute approximate surface area is 212 Å². The monoisotopic (exact) mass is 489 g/mol. The van der Waals surface area contributed by atoms with Gasteiger partial charge in [-0.15, -0.1) is 0 Å². The molecule has 3 aromatic rings. The minimum absolute atomic E-state index is 0.196. The van der Waals surface area contributed by atoms with Gasteiger partial charge >= 0.3 is 12.1 Å². The summed E-state index contributed by atoms with van der Waals surface area (Å²) in [6.45, 7) is 10.9. The second-order valence-corrected chi connectivity index (χ2v) is 10.2. The van der Waals surface area contributed by atoms with Gasteiger partial charge in [-0.3, -0.25) is 4.79 Å². The van der Waals surface area contributed by atoms with Crippen molar-refractivity contribution >= 4 is 34.4 Å². The van der Waals surface area contributed by atoms with Crippen LogP contribution < -0.4 is 16.0 Å². The number of rotatable bonds is 7. The van der Waals surface area contributed by atoms with Crippen molar-refractivity contribution in [3.05, 3.63) is 77.9 Å². The first-order valence-corrected chi connectivity index (χ1v) is 12.1. The highest BCUT2D eigenvalue weighted by Crippen LogP contribution is 2.25. The maximum absolute atomic E-state index is 13.4. The highest BCUT2D eigenvalue weighted by atomic mass is 16.6. The Morgan fingerprint density at radius 2 is 1.44 bits per heavy atom. The number of carbonyl (C=O) groups is 3. The molecule has 3 amide bonds. The maximum atomic E-state index is 13.4. The van der Waals surface area contributed by atoms with Gasteiger partial charge in [0.25, 0.3) is 0 Å². The number of hydrogen-bond donors (Lipinski definition) is 3. The fraction of sp³-hybridized carbons (Fsp3) is 0.345. The quantitative estimate of drug-likeness (QED) is 0.332. The average molecular weight is 490 g/mol. The number of Topliss-reactive ketones (excluding diaryl/α,β-unsaturated/α-hetero) is 1. The zero-order valence-electron chi connectivity index (χ0n) is 21.7. The number of ether oxygens (including phenoxy) is 1. The van der Waals surface area contributed by atoms with E-state index in [1.807, 2.05) is 63.2 Å². The number of benzene rings is 3. The van der Waals surface area contributed by atoms with Crippen LogP contribution >= 0.6 is 0 Å². The van der Waals surface area contributed by atoms with Crippen molar-refractivity contribution in [3.63, 3.8) is 0 Å². The molecule has 0 aliphatic rings. The standard InChI is InChI=1S/C29H35N3O4/c1-18(2)25(32-28(35)36-29(4,5)6)26(33)23-15-9-10-17-24(23)31-27(34)30-19(3)21-16-11-13-20-12-7-8-14-22(20)21/h7-19,25H,1-6H3,(H,32,35)(H2,30,31,34)/t19-,25+/m1/s1. The van der Waals surface area contributed by atoms with Gasteiger partial charge in [0.1, 0.15) is 5.60 Å². The van der Waals surface area contributed by atoms with Gasteiger partial charge in [-0.25, -0.2) is 9.59 Å². The fourth-order valence-corrected chi connectivity index (χ4v) is 4.00. The van der Waals surface area contributed by atoms with E-state index in [1.165, 1.54) is 0 Å². The molecule has 0 aromatic heterocycles. The smallest absolute Gasteiger partial charge is 0.408 e. The lowest BCUT2D eigenvalue weighted by atomic mass is 9.94. The normalized spacial score (nSPS) is 13.1. The summed E-state index contributed by atoms with van der Waals surface area (Å²) in [5.41, 5.74) is 0.975. The Kier molecular flexibility index (Phi) is 8.35. The van der Waals surface area contributed by atoms with Gasteiger partial charge in [0.15, 0.2) is 5.78 Å². The van der Waals surface area contributed by atoms with Gasteiger partial charge in [-0.05, 0) is 62.1 Å². The second-order valence-electron chi connectivity index (χ2n) is 10.2. The summed E-state index contributed by atoms with van der Waals surface area (Å²) in [6, 6.07) is 19.2. The molecular formula is C29H35N3O4. The van der Waals surface area contributed by atoms with E-state index in [2.05, 4.69) is 16.0 Å². The van der Waals surface area contributed by atoms with Gasteiger partial charge in [-0.2, -0.15) is 0 Å². The molecule has 0 aliphatic carbocycles. The SMILES string of the molecule is CC(C)[C@H](NC(=O)OC(C)(C)C)C(=O)c1ccccc1NC(=O)N[C@H](C)c1cccc2ccccc12. The molecule has 3 N–H and O–H groups in total. The Balaban J connectivity index is 1.76. The lowest BCUT2D eigenvalue weighted by Crippen LogP contribution is -2.46. The van der Waals surface area contributed by atoms with Gasteiger partial charge in [0.05, 0.1) is 17.8 Å². The molecule has 0 radical (unpaired) electrons. The largest absolute Gasteiger partial charge is 0.444 e. The van der Waals surface area contributed by atoms with E-state index >= 15 is 0 Å². The molecule has 0 saturated heterocycles. The number of carbonyl (C=O) groups excluding carboxylic acids is 3. The predicted octanol–water partition coefficient (Wildman–Crippen LogP) is 6.45. The predicted molar refractivity (Wildman–Crippen MR) is 143 cm³/mol. The van der Waals surface area contributed by atoms with Crippen LogP contribution in [0.3, 0.4) is 0 Å². The van der Waals surface area contributed by atoms with E-state index in [4.69, 9.17) is 4.74 Å². The van der Waals surface area contributed by atoms with Crippen LogP contribution in [0.25, 0.3) is 10.8 Å². The molecule has 3 rings (SSSR count). The zero-order chi connectivity index (χ0) is 26.5. The number of fused-ring (bicyclic) bond motifs is 1. The molecule has 0 unspecified atom stereocenters. The van der Waals surface area contributed by atoms with Crippen molar-refractivity contribution in [1.82, 2.24) is 10.6 Å². The third-order valence-corrected chi connectivity index (χ3v) is 5.70.